The molecule has 0 radical (unpaired) electrons. The van der Waals surface area contributed by atoms with Crippen molar-refractivity contribution in [3.05, 3.63) is 12.2 Å². The van der Waals surface area contributed by atoms with Gasteiger partial charge in [0.15, 0.2) is 27.2 Å². The molecule has 4 fully saturated rings. The summed E-state index contributed by atoms with van der Waals surface area (Å²) < 4.78 is 25.1. The van der Waals surface area contributed by atoms with Gasteiger partial charge in [0, 0.05) is 25.4 Å². The fourth-order valence-electron chi connectivity index (χ4n) is 7.55. The average Bonchev–Trinajstić information content (AvgIpc) is 3.29. The summed E-state index contributed by atoms with van der Waals surface area (Å²) in [6.07, 6.45) is 6.76. The molecule has 4 nitrogen and oxygen atoms in total. The lowest BCUT2D eigenvalue weighted by Crippen LogP contribution is -2.44. The fraction of sp³-hybridized carbons (Fsp3) is 0.926. The monoisotopic (exact) mass is 464 g/mol. The van der Waals surface area contributed by atoms with Crippen molar-refractivity contribution >= 4 is 8.32 Å². The van der Waals surface area contributed by atoms with Crippen LogP contribution in [0.15, 0.2) is 12.2 Å². The lowest BCUT2D eigenvalue weighted by Gasteiger charge is -2.50. The van der Waals surface area contributed by atoms with Gasteiger partial charge in [0.2, 0.25) is 0 Å². The zero-order valence-electron chi connectivity index (χ0n) is 22.1. The molecule has 0 spiro atoms. The fourth-order valence-corrected chi connectivity index (χ4v) is 8.71. The van der Waals surface area contributed by atoms with Crippen LogP contribution in [0.3, 0.4) is 0 Å². The normalized spacial score (nSPS) is 43.8. The lowest BCUT2D eigenvalue weighted by atomic mass is 9.54. The van der Waals surface area contributed by atoms with Gasteiger partial charge < -0.3 is 18.6 Å². The molecule has 4 rings (SSSR count). The highest BCUT2D eigenvalue weighted by molar-refractivity contribution is 6.74. The lowest BCUT2D eigenvalue weighted by molar-refractivity contribution is -0.229. The summed E-state index contributed by atoms with van der Waals surface area (Å²) >= 11 is 0. The largest absolute Gasteiger partial charge is 0.392 e. The van der Waals surface area contributed by atoms with Gasteiger partial charge in [0.25, 0.3) is 0 Å². The topological polar surface area (TPSA) is 36.9 Å². The molecule has 32 heavy (non-hydrogen) atoms. The number of fused-ring (bicyclic) bond motifs is 2. The van der Waals surface area contributed by atoms with Crippen molar-refractivity contribution in [3.63, 3.8) is 0 Å². The molecule has 2 saturated carbocycles. The highest BCUT2D eigenvalue weighted by atomic mass is 28.4. The summed E-state index contributed by atoms with van der Waals surface area (Å²) in [7, 11) is -0.141. The maximum absolute atomic E-state index is 6.62. The second-order valence-corrected chi connectivity index (χ2v) is 18.3. The van der Waals surface area contributed by atoms with Gasteiger partial charge in [0.1, 0.15) is 0 Å². The molecule has 184 valence electrons. The molecule has 2 aliphatic heterocycles. The summed E-state index contributed by atoms with van der Waals surface area (Å²) in [5, 5.41) is 0.161. The standard InChI is InChI=1S/C27H48O4Si/c1-17(19-12-13-20-26(5,6)14-11-15-27(19,20)7)22-18-16-21(29-23(18)30-24(22)28-8)31-32(9,10)25(2,3)4/h18-24H,1,11-16H2,2-10H3/t18-,19-,20+,21-,22+,23+,24-,27-/m1/s1. The van der Waals surface area contributed by atoms with E-state index >= 15 is 0 Å². The van der Waals surface area contributed by atoms with Gasteiger partial charge in [-0.3, -0.25) is 0 Å². The van der Waals surface area contributed by atoms with E-state index in [4.69, 9.17) is 25.2 Å². The van der Waals surface area contributed by atoms with Crippen molar-refractivity contribution < 1.29 is 18.6 Å². The predicted molar refractivity (Wildman–Crippen MR) is 132 cm³/mol. The van der Waals surface area contributed by atoms with Gasteiger partial charge in [-0.05, 0) is 66.5 Å². The van der Waals surface area contributed by atoms with Crippen LogP contribution in [0, 0.1) is 34.5 Å². The van der Waals surface area contributed by atoms with Crippen LogP contribution >= 0.6 is 0 Å². The first-order chi connectivity index (χ1) is 14.7. The number of hydrogen-bond acceptors (Lipinski definition) is 4. The van der Waals surface area contributed by atoms with Crippen molar-refractivity contribution in [2.24, 2.45) is 34.5 Å². The first-order valence-electron chi connectivity index (χ1n) is 12.9. The van der Waals surface area contributed by atoms with Gasteiger partial charge in [-0.25, -0.2) is 0 Å². The van der Waals surface area contributed by atoms with Crippen molar-refractivity contribution in [2.45, 2.75) is 117 Å². The Hall–Kier alpha value is -0.203. The summed E-state index contributed by atoms with van der Waals surface area (Å²) in [6, 6.07) is 0. The molecule has 0 aromatic rings. The molecular formula is C27H48O4Si. The first kappa shape index (κ1) is 24.9. The van der Waals surface area contributed by atoms with E-state index in [1.165, 1.54) is 37.7 Å². The van der Waals surface area contributed by atoms with E-state index in [9.17, 15) is 0 Å². The van der Waals surface area contributed by atoms with Crippen molar-refractivity contribution in [1.29, 1.82) is 0 Å². The van der Waals surface area contributed by atoms with E-state index in [1.54, 1.807) is 7.11 Å². The Morgan fingerprint density at radius 1 is 1.06 bits per heavy atom. The third-order valence-electron chi connectivity index (χ3n) is 10.3. The molecule has 2 saturated heterocycles. The van der Waals surface area contributed by atoms with Crippen LogP contribution < -0.4 is 0 Å². The maximum atomic E-state index is 6.62. The summed E-state index contributed by atoms with van der Waals surface area (Å²) in [5.74, 6) is 1.77. The highest BCUT2D eigenvalue weighted by Gasteiger charge is 2.59. The minimum atomic E-state index is -1.90. The van der Waals surface area contributed by atoms with Gasteiger partial charge >= 0.3 is 0 Å². The van der Waals surface area contributed by atoms with Crippen molar-refractivity contribution in [3.8, 4) is 0 Å². The van der Waals surface area contributed by atoms with E-state index in [-0.39, 0.29) is 35.7 Å². The van der Waals surface area contributed by atoms with Crippen LogP contribution in [0.4, 0.5) is 0 Å². The first-order valence-corrected chi connectivity index (χ1v) is 15.8. The quantitative estimate of drug-likeness (QED) is 0.321. The smallest absolute Gasteiger partial charge is 0.195 e. The van der Waals surface area contributed by atoms with Gasteiger partial charge in [-0.15, -0.1) is 0 Å². The molecule has 2 heterocycles. The van der Waals surface area contributed by atoms with E-state index in [1.807, 2.05) is 0 Å². The number of hydrogen-bond donors (Lipinski definition) is 0. The number of methoxy groups -OCH3 is 1. The molecule has 0 bridgehead atoms. The van der Waals surface area contributed by atoms with Crippen LogP contribution in [-0.2, 0) is 18.6 Å². The Bertz CT molecular complexity index is 726. The Balaban J connectivity index is 1.52. The van der Waals surface area contributed by atoms with Crippen LogP contribution in [-0.4, -0.2) is 34.3 Å². The van der Waals surface area contributed by atoms with E-state index in [0.717, 1.165) is 12.3 Å². The van der Waals surface area contributed by atoms with E-state index < -0.39 is 8.32 Å². The summed E-state index contributed by atoms with van der Waals surface area (Å²) in [4.78, 5) is 0. The van der Waals surface area contributed by atoms with Gasteiger partial charge in [-0.1, -0.05) is 60.1 Å². The van der Waals surface area contributed by atoms with Crippen LogP contribution in [0.25, 0.3) is 0 Å². The van der Waals surface area contributed by atoms with E-state index in [0.29, 0.717) is 16.7 Å². The van der Waals surface area contributed by atoms with Crippen LogP contribution in [0.5, 0.6) is 0 Å². The van der Waals surface area contributed by atoms with Crippen molar-refractivity contribution in [2.75, 3.05) is 7.11 Å². The second-order valence-electron chi connectivity index (χ2n) is 13.6. The predicted octanol–water partition coefficient (Wildman–Crippen LogP) is 7.11. The zero-order valence-corrected chi connectivity index (χ0v) is 23.1. The summed E-state index contributed by atoms with van der Waals surface area (Å²) in [6.45, 7) is 23.7. The summed E-state index contributed by atoms with van der Waals surface area (Å²) in [5.41, 5.74) is 2.12. The second kappa shape index (κ2) is 8.19. The van der Waals surface area contributed by atoms with Crippen LogP contribution in [0.2, 0.25) is 18.1 Å². The zero-order chi connectivity index (χ0) is 23.7. The number of ether oxygens (including phenoxy) is 3. The Morgan fingerprint density at radius 3 is 2.38 bits per heavy atom. The van der Waals surface area contributed by atoms with Crippen molar-refractivity contribution in [1.82, 2.24) is 0 Å². The van der Waals surface area contributed by atoms with Gasteiger partial charge in [-0.2, -0.15) is 0 Å². The highest BCUT2D eigenvalue weighted by Crippen LogP contribution is 2.65. The molecular weight excluding hydrogens is 416 g/mol. The molecule has 4 aliphatic rings. The third-order valence-corrected chi connectivity index (χ3v) is 14.7. The number of rotatable bonds is 5. The minimum absolute atomic E-state index is 0.161. The molecule has 0 aromatic carbocycles. The molecule has 0 amide bonds. The Morgan fingerprint density at radius 2 is 1.75 bits per heavy atom. The molecule has 2 aliphatic carbocycles. The molecule has 0 aromatic heterocycles. The Kier molecular flexibility index (Phi) is 6.37. The minimum Gasteiger partial charge on any atom is -0.392 e. The maximum Gasteiger partial charge on any atom is 0.195 e. The Labute approximate surface area is 197 Å². The van der Waals surface area contributed by atoms with E-state index in [2.05, 4.69) is 54.6 Å². The molecule has 0 unspecified atom stereocenters. The average molecular weight is 465 g/mol. The van der Waals surface area contributed by atoms with Crippen LogP contribution in [0.1, 0.15) is 80.1 Å². The third kappa shape index (κ3) is 3.98. The van der Waals surface area contributed by atoms with Gasteiger partial charge in [0.05, 0.1) is 0 Å². The molecule has 0 N–H and O–H groups in total. The molecule has 5 heteroatoms. The molecule has 8 atom stereocenters. The SMILES string of the molecule is C=C([C@@H]1[C@H](OC)O[C@@H]2O[C@H](O[Si](C)(C)C(C)(C)C)C[C@@H]21)[C@H]1CC[C@H]2C(C)(C)CCC[C@]12C.